The van der Waals surface area contributed by atoms with E-state index in [0.717, 1.165) is 11.6 Å². The Bertz CT molecular complexity index is 1430. The average Bonchev–Trinajstić information content (AvgIpc) is 3.10. The molecule has 3 heterocycles. The molecule has 142 valence electrons. The minimum Gasteiger partial charge on any atom is -0.319 e. The molecule has 3 aromatic heterocycles. The summed E-state index contributed by atoms with van der Waals surface area (Å²) in [6, 6.07) is 13.4. The Balaban J connectivity index is 1.76. The van der Waals surface area contributed by atoms with E-state index in [1.165, 1.54) is 12.1 Å². The maximum absolute atomic E-state index is 14.2. The minimum absolute atomic E-state index is 0.163. The van der Waals surface area contributed by atoms with Crippen LogP contribution in [0.25, 0.3) is 33.6 Å². The minimum atomic E-state index is -1.08. The SMILES string of the molecule is O=c1cc(Cn2c(-c3ccccc3)nc3nccnc32)c2ccc(F)c(F)c2[nH]1. The quantitative estimate of drug-likeness (QED) is 0.511. The highest BCUT2D eigenvalue weighted by Crippen LogP contribution is 2.26. The highest BCUT2D eigenvalue weighted by Gasteiger charge is 2.17. The molecule has 8 heteroatoms. The maximum Gasteiger partial charge on any atom is 0.248 e. The number of pyridine rings is 1. The van der Waals surface area contributed by atoms with Gasteiger partial charge in [-0.25, -0.2) is 23.7 Å². The number of benzene rings is 2. The summed E-state index contributed by atoms with van der Waals surface area (Å²) >= 11 is 0. The van der Waals surface area contributed by atoms with E-state index in [1.54, 1.807) is 12.4 Å². The number of aromatic amines is 1. The fourth-order valence-electron chi connectivity index (χ4n) is 3.45. The predicted octanol–water partition coefficient (Wildman–Crippen LogP) is 3.66. The van der Waals surface area contributed by atoms with E-state index in [4.69, 9.17) is 0 Å². The van der Waals surface area contributed by atoms with Crippen LogP contribution in [0.3, 0.4) is 0 Å². The highest BCUT2D eigenvalue weighted by molar-refractivity contribution is 5.83. The van der Waals surface area contributed by atoms with Crippen LogP contribution in [0.5, 0.6) is 0 Å². The lowest BCUT2D eigenvalue weighted by atomic mass is 10.1. The number of hydrogen-bond donors (Lipinski definition) is 1. The molecule has 1 N–H and O–H groups in total. The molecule has 0 saturated heterocycles. The number of nitrogens with one attached hydrogen (secondary N) is 1. The Hall–Kier alpha value is -3.94. The van der Waals surface area contributed by atoms with Gasteiger partial charge >= 0.3 is 0 Å². The smallest absolute Gasteiger partial charge is 0.248 e. The summed E-state index contributed by atoms with van der Waals surface area (Å²) in [5.74, 6) is -1.49. The van der Waals surface area contributed by atoms with Gasteiger partial charge in [-0.1, -0.05) is 30.3 Å². The molecule has 0 amide bonds. The average molecular weight is 389 g/mol. The van der Waals surface area contributed by atoms with Crippen LogP contribution >= 0.6 is 0 Å². The van der Waals surface area contributed by atoms with Crippen LogP contribution in [0, 0.1) is 11.6 Å². The molecule has 29 heavy (non-hydrogen) atoms. The molecule has 6 nitrogen and oxygen atoms in total. The monoisotopic (exact) mass is 389 g/mol. The zero-order valence-electron chi connectivity index (χ0n) is 14.9. The normalized spacial score (nSPS) is 11.4. The summed E-state index contributed by atoms with van der Waals surface area (Å²) in [5.41, 5.74) is 1.67. The topological polar surface area (TPSA) is 76.5 Å². The lowest BCUT2D eigenvalue weighted by Crippen LogP contribution is -2.11. The molecule has 0 aliphatic heterocycles. The molecular weight excluding hydrogens is 376 g/mol. The van der Waals surface area contributed by atoms with Crippen LogP contribution in [-0.4, -0.2) is 24.5 Å². The molecule has 5 aromatic rings. The van der Waals surface area contributed by atoms with Crippen molar-refractivity contribution in [3.63, 3.8) is 0 Å². The molecule has 0 bridgehead atoms. The van der Waals surface area contributed by atoms with Gasteiger partial charge in [-0.2, -0.15) is 0 Å². The van der Waals surface area contributed by atoms with E-state index in [9.17, 15) is 13.6 Å². The molecule has 0 atom stereocenters. The standard InChI is InChI=1S/C21H13F2N5O/c22-15-7-6-14-13(10-16(29)26-18(14)17(15)23)11-28-20(12-4-2-1-3-5-12)27-19-21(28)25-9-8-24-19/h1-10H,11H2,(H,26,29). The zero-order valence-corrected chi connectivity index (χ0v) is 14.9. The fraction of sp³-hybridized carbons (Fsp3) is 0.0476. The molecule has 5 rings (SSSR count). The van der Waals surface area contributed by atoms with Gasteiger partial charge in [0.05, 0.1) is 12.1 Å². The van der Waals surface area contributed by atoms with E-state index < -0.39 is 17.2 Å². The first-order chi connectivity index (χ1) is 14.1. The molecule has 0 saturated carbocycles. The van der Waals surface area contributed by atoms with Gasteiger partial charge in [-0.3, -0.25) is 4.79 Å². The van der Waals surface area contributed by atoms with Gasteiger partial charge in [-0.05, 0) is 17.7 Å². The van der Waals surface area contributed by atoms with E-state index >= 15 is 0 Å². The zero-order chi connectivity index (χ0) is 20.0. The Morgan fingerprint density at radius 3 is 2.62 bits per heavy atom. The Kier molecular flexibility index (Phi) is 3.90. The van der Waals surface area contributed by atoms with Crippen LogP contribution in [0.4, 0.5) is 8.78 Å². The van der Waals surface area contributed by atoms with Gasteiger partial charge in [0.1, 0.15) is 5.82 Å². The van der Waals surface area contributed by atoms with Gasteiger partial charge in [0.2, 0.25) is 5.56 Å². The summed E-state index contributed by atoms with van der Waals surface area (Å²) in [5, 5.41) is 0.410. The lowest BCUT2D eigenvalue weighted by Gasteiger charge is -2.11. The third kappa shape index (κ3) is 2.85. The summed E-state index contributed by atoms with van der Waals surface area (Å²) in [7, 11) is 0. The molecule has 0 fully saturated rings. The van der Waals surface area contributed by atoms with Crippen molar-refractivity contribution in [1.82, 2.24) is 24.5 Å². The third-order valence-electron chi connectivity index (χ3n) is 4.74. The molecule has 2 aromatic carbocycles. The fourth-order valence-corrected chi connectivity index (χ4v) is 3.45. The summed E-state index contributed by atoms with van der Waals surface area (Å²) in [6.45, 7) is 0.185. The summed E-state index contributed by atoms with van der Waals surface area (Å²) in [6.07, 6.45) is 3.11. The van der Waals surface area contributed by atoms with Crippen molar-refractivity contribution < 1.29 is 8.78 Å². The largest absolute Gasteiger partial charge is 0.319 e. The molecule has 0 radical (unpaired) electrons. The van der Waals surface area contributed by atoms with Crippen molar-refractivity contribution in [2.45, 2.75) is 6.54 Å². The van der Waals surface area contributed by atoms with Gasteiger partial charge < -0.3 is 9.55 Å². The number of aromatic nitrogens is 5. The van der Waals surface area contributed by atoms with Gasteiger partial charge in [0, 0.05) is 29.4 Å². The van der Waals surface area contributed by atoms with E-state index in [2.05, 4.69) is 19.9 Å². The van der Waals surface area contributed by atoms with Crippen molar-refractivity contribution in [3.05, 3.63) is 88.5 Å². The molecular formula is C21H13F2N5O. The van der Waals surface area contributed by atoms with Crippen LogP contribution in [0.1, 0.15) is 5.56 Å². The first kappa shape index (κ1) is 17.2. The Morgan fingerprint density at radius 1 is 1.00 bits per heavy atom. The van der Waals surface area contributed by atoms with E-state index in [-0.39, 0.29) is 12.1 Å². The maximum atomic E-state index is 14.2. The lowest BCUT2D eigenvalue weighted by molar-refractivity contribution is 0.515. The highest BCUT2D eigenvalue weighted by atomic mass is 19.2. The van der Waals surface area contributed by atoms with Crippen LogP contribution in [-0.2, 0) is 6.54 Å². The summed E-state index contributed by atoms with van der Waals surface area (Å²) in [4.78, 5) is 27.7. The third-order valence-corrected chi connectivity index (χ3v) is 4.74. The first-order valence-corrected chi connectivity index (χ1v) is 8.84. The number of fused-ring (bicyclic) bond motifs is 2. The first-order valence-electron chi connectivity index (χ1n) is 8.84. The van der Waals surface area contributed by atoms with Gasteiger partial charge in [-0.15, -0.1) is 0 Å². The van der Waals surface area contributed by atoms with E-state index in [0.29, 0.717) is 28.1 Å². The number of H-pyrrole nitrogens is 1. The van der Waals surface area contributed by atoms with Crippen molar-refractivity contribution in [1.29, 1.82) is 0 Å². The second kappa shape index (κ2) is 6.59. The number of rotatable bonds is 3. The molecule has 0 unspecified atom stereocenters. The Labute approximate surface area is 162 Å². The van der Waals surface area contributed by atoms with E-state index in [1.807, 2.05) is 34.9 Å². The van der Waals surface area contributed by atoms with Crippen molar-refractivity contribution in [2.24, 2.45) is 0 Å². The van der Waals surface area contributed by atoms with Crippen molar-refractivity contribution >= 4 is 22.2 Å². The second-order valence-electron chi connectivity index (χ2n) is 6.53. The Morgan fingerprint density at radius 2 is 1.79 bits per heavy atom. The van der Waals surface area contributed by atoms with Crippen molar-refractivity contribution in [2.75, 3.05) is 0 Å². The number of nitrogens with zero attached hydrogens (tertiary/aromatic N) is 4. The van der Waals surface area contributed by atoms with Crippen molar-refractivity contribution in [3.8, 4) is 11.4 Å². The summed E-state index contributed by atoms with van der Waals surface area (Å²) < 4.78 is 29.7. The second-order valence-corrected chi connectivity index (χ2v) is 6.53. The number of imidazole rings is 1. The number of hydrogen-bond acceptors (Lipinski definition) is 4. The van der Waals surface area contributed by atoms with Gasteiger partial charge in [0.25, 0.3) is 0 Å². The molecule has 0 aliphatic carbocycles. The molecule has 0 spiro atoms. The van der Waals surface area contributed by atoms with Gasteiger partial charge in [0.15, 0.2) is 22.9 Å². The van der Waals surface area contributed by atoms with Crippen LogP contribution in [0.15, 0.2) is 65.7 Å². The predicted molar refractivity (Wildman–Crippen MR) is 104 cm³/mol. The number of halogens is 2. The molecule has 0 aliphatic rings. The van der Waals surface area contributed by atoms with Crippen LogP contribution < -0.4 is 5.56 Å². The van der Waals surface area contributed by atoms with Crippen LogP contribution in [0.2, 0.25) is 0 Å².